The van der Waals surface area contributed by atoms with E-state index in [1.54, 1.807) is 42.0 Å². The van der Waals surface area contributed by atoms with Crippen molar-refractivity contribution in [3.63, 3.8) is 0 Å². The maximum absolute atomic E-state index is 14.4. The maximum atomic E-state index is 14.4. The van der Waals surface area contributed by atoms with Crippen LogP contribution in [0.25, 0.3) is 10.8 Å². The molecule has 4 atom stereocenters. The van der Waals surface area contributed by atoms with E-state index in [1.165, 1.54) is 0 Å². The molecule has 1 aliphatic heterocycles. The van der Waals surface area contributed by atoms with E-state index in [-0.39, 0.29) is 54.8 Å². The first-order chi connectivity index (χ1) is 23.0. The van der Waals surface area contributed by atoms with Gasteiger partial charge in [0.05, 0.1) is 36.1 Å². The summed E-state index contributed by atoms with van der Waals surface area (Å²) >= 11 is 0. The molecule has 4 rings (SSSR count). The Kier molecular flexibility index (Phi) is 13.0. The van der Waals surface area contributed by atoms with Crippen LogP contribution in [0.2, 0.25) is 0 Å². The molecule has 3 aromatic carbocycles. The Labute approximate surface area is 284 Å². The van der Waals surface area contributed by atoms with E-state index in [1.807, 2.05) is 70.2 Å². The van der Waals surface area contributed by atoms with Gasteiger partial charge in [-0.1, -0.05) is 43.3 Å². The molecular weight excluding hydrogens is 610 g/mol. The fraction of sp³-hybridized carbons (Fsp3) is 0.486. The minimum absolute atomic E-state index is 0.00578. The Morgan fingerprint density at radius 2 is 1.77 bits per heavy atom. The number of hydrogen-bond donors (Lipinski definition) is 4. The van der Waals surface area contributed by atoms with E-state index < -0.39 is 12.1 Å². The minimum Gasteiger partial charge on any atom is -0.490 e. The lowest BCUT2D eigenvalue weighted by molar-refractivity contribution is -0.0122. The molecule has 5 amide bonds. The summed E-state index contributed by atoms with van der Waals surface area (Å²) in [6.45, 7) is 10.4. The third kappa shape index (κ3) is 9.84. The quantitative estimate of drug-likeness (QED) is 0.234. The number of benzene rings is 3. The number of fused-ring (bicyclic) bond motifs is 2. The minimum atomic E-state index is -0.521. The molecular formula is C37H51N5O6. The van der Waals surface area contributed by atoms with E-state index in [0.717, 1.165) is 30.0 Å². The van der Waals surface area contributed by atoms with Crippen LogP contribution in [0.15, 0.2) is 60.7 Å². The Bertz CT molecular complexity index is 1540. The number of anilines is 2. The zero-order valence-corrected chi connectivity index (χ0v) is 29.0. The van der Waals surface area contributed by atoms with Crippen LogP contribution in [0.3, 0.4) is 0 Å². The van der Waals surface area contributed by atoms with Crippen molar-refractivity contribution < 1.29 is 29.0 Å². The number of carbonyl (C=O) groups excluding carboxylic acids is 3. The van der Waals surface area contributed by atoms with Gasteiger partial charge in [-0.25, -0.2) is 9.59 Å². The molecule has 11 nitrogen and oxygen atoms in total. The summed E-state index contributed by atoms with van der Waals surface area (Å²) in [5, 5.41) is 20.9. The van der Waals surface area contributed by atoms with Crippen LogP contribution in [0, 0.1) is 5.92 Å². The molecule has 4 N–H and O–H groups in total. The number of rotatable bonds is 7. The van der Waals surface area contributed by atoms with Gasteiger partial charge in [0.2, 0.25) is 0 Å². The van der Waals surface area contributed by atoms with Crippen molar-refractivity contribution in [2.24, 2.45) is 5.92 Å². The normalized spacial score (nSPS) is 19.9. The number of nitrogens with zero attached hydrogens (tertiary/aromatic N) is 2. The van der Waals surface area contributed by atoms with Crippen molar-refractivity contribution in [3.05, 3.63) is 66.2 Å². The van der Waals surface area contributed by atoms with Gasteiger partial charge >= 0.3 is 12.1 Å². The number of likely N-dealkylation sites (N-methyl/N-ethyl adjacent to an activating group) is 1. The molecule has 1 aliphatic rings. The van der Waals surface area contributed by atoms with Gasteiger partial charge in [-0.3, -0.25) is 4.79 Å². The highest BCUT2D eigenvalue weighted by Crippen LogP contribution is 2.29. The van der Waals surface area contributed by atoms with Crippen LogP contribution in [-0.4, -0.2) is 90.5 Å². The van der Waals surface area contributed by atoms with Crippen molar-refractivity contribution >= 4 is 40.1 Å². The molecule has 0 unspecified atom stereocenters. The van der Waals surface area contributed by atoms with Crippen LogP contribution >= 0.6 is 0 Å². The van der Waals surface area contributed by atoms with Crippen molar-refractivity contribution in [1.82, 2.24) is 15.1 Å². The zero-order valence-electron chi connectivity index (χ0n) is 29.0. The number of aliphatic hydroxyl groups is 1. The first kappa shape index (κ1) is 36.5. The van der Waals surface area contributed by atoms with Gasteiger partial charge in [-0.15, -0.1) is 0 Å². The second-order valence-electron chi connectivity index (χ2n) is 13.1. The number of ether oxygens (including phenoxy) is 2. The monoisotopic (exact) mass is 661 g/mol. The number of nitrogens with one attached hydrogen (secondary N) is 3. The second kappa shape index (κ2) is 17.2. The Balaban J connectivity index is 1.61. The molecule has 0 aromatic heterocycles. The van der Waals surface area contributed by atoms with Crippen molar-refractivity contribution in [2.75, 3.05) is 44.0 Å². The standard InChI is InChI=1S/C37H51N5O6/c1-24(2)38-37(46)41(6)22-34-25(3)21-42(26(4)23-43)35(44)31-20-29(17-18-33(31)48-27(5)12-9-10-19-47-34)39-36(45)40-32-16-11-14-28-13-7-8-15-30(28)32/h7-8,11,13-18,20,24-27,34,43H,9-10,12,19,21-23H2,1-6H3,(H,38,46)(H2,39,40,45)/t25-,26+,27+,34-/m0/s1. The number of carbonyl (C=O) groups is 3. The number of hydrogen-bond acceptors (Lipinski definition) is 6. The molecule has 0 radical (unpaired) electrons. The smallest absolute Gasteiger partial charge is 0.323 e. The summed E-state index contributed by atoms with van der Waals surface area (Å²) in [4.78, 5) is 43.5. The summed E-state index contributed by atoms with van der Waals surface area (Å²) in [5.41, 5.74) is 1.36. The Morgan fingerprint density at radius 1 is 1.02 bits per heavy atom. The van der Waals surface area contributed by atoms with Gasteiger partial charge < -0.3 is 40.3 Å². The summed E-state index contributed by atoms with van der Waals surface area (Å²) in [5.74, 6) is -0.119. The average molecular weight is 662 g/mol. The molecule has 0 saturated heterocycles. The SMILES string of the molecule is CC(C)NC(=O)N(C)C[C@@H]1OCCCC[C@@H](C)Oc2ccc(NC(=O)Nc3cccc4ccccc34)cc2C(=O)N([C@H](C)CO)C[C@@H]1C. The van der Waals surface area contributed by atoms with Crippen molar-refractivity contribution in [1.29, 1.82) is 0 Å². The molecule has 48 heavy (non-hydrogen) atoms. The van der Waals surface area contributed by atoms with Crippen molar-refractivity contribution in [3.8, 4) is 5.75 Å². The first-order valence-electron chi connectivity index (χ1n) is 16.9. The van der Waals surface area contributed by atoms with Crippen molar-refractivity contribution in [2.45, 2.75) is 78.2 Å². The van der Waals surface area contributed by atoms with Gasteiger partial charge in [-0.05, 0) is 76.6 Å². The third-order valence-electron chi connectivity index (χ3n) is 8.56. The lowest BCUT2D eigenvalue weighted by Crippen LogP contribution is -2.49. The molecule has 0 fully saturated rings. The Morgan fingerprint density at radius 3 is 2.52 bits per heavy atom. The first-order valence-corrected chi connectivity index (χ1v) is 16.9. The van der Waals surface area contributed by atoms with Crippen LogP contribution in [0.4, 0.5) is 21.0 Å². The molecule has 3 aromatic rings. The van der Waals surface area contributed by atoms with Crippen LogP contribution in [0.5, 0.6) is 5.75 Å². The van der Waals surface area contributed by atoms with E-state index in [2.05, 4.69) is 16.0 Å². The summed E-state index contributed by atoms with van der Waals surface area (Å²) in [6, 6.07) is 17.4. The fourth-order valence-electron chi connectivity index (χ4n) is 5.79. The summed E-state index contributed by atoms with van der Waals surface area (Å²) in [7, 11) is 1.73. The highest BCUT2D eigenvalue weighted by atomic mass is 16.5. The van der Waals surface area contributed by atoms with Gasteiger partial charge in [-0.2, -0.15) is 0 Å². The van der Waals surface area contributed by atoms with Gasteiger partial charge in [0.15, 0.2) is 0 Å². The van der Waals surface area contributed by atoms with E-state index in [9.17, 15) is 19.5 Å². The van der Waals surface area contributed by atoms with Crippen LogP contribution < -0.4 is 20.7 Å². The average Bonchev–Trinajstić information content (AvgIpc) is 3.05. The topological polar surface area (TPSA) is 132 Å². The Hall–Kier alpha value is -4.35. The summed E-state index contributed by atoms with van der Waals surface area (Å²) < 4.78 is 12.7. The molecule has 0 bridgehead atoms. The van der Waals surface area contributed by atoms with E-state index in [0.29, 0.717) is 30.3 Å². The predicted molar refractivity (Wildman–Crippen MR) is 190 cm³/mol. The largest absolute Gasteiger partial charge is 0.490 e. The van der Waals surface area contributed by atoms with Gasteiger partial charge in [0, 0.05) is 49.8 Å². The molecule has 0 aliphatic carbocycles. The predicted octanol–water partition coefficient (Wildman–Crippen LogP) is 6.33. The van der Waals surface area contributed by atoms with Gasteiger partial charge in [0.1, 0.15) is 5.75 Å². The molecule has 0 spiro atoms. The molecule has 1 heterocycles. The van der Waals surface area contributed by atoms with Gasteiger partial charge in [0.25, 0.3) is 5.91 Å². The van der Waals surface area contributed by atoms with E-state index in [4.69, 9.17) is 9.47 Å². The highest BCUT2D eigenvalue weighted by molar-refractivity contribution is 6.07. The highest BCUT2D eigenvalue weighted by Gasteiger charge is 2.31. The molecule has 260 valence electrons. The third-order valence-corrected chi connectivity index (χ3v) is 8.56. The molecule has 11 heteroatoms. The maximum Gasteiger partial charge on any atom is 0.323 e. The lowest BCUT2D eigenvalue weighted by atomic mass is 10.0. The molecule has 0 saturated carbocycles. The van der Waals surface area contributed by atoms with Crippen LogP contribution in [0.1, 0.15) is 64.2 Å². The summed E-state index contributed by atoms with van der Waals surface area (Å²) in [6.07, 6.45) is 1.89. The van der Waals surface area contributed by atoms with E-state index >= 15 is 0 Å². The zero-order chi connectivity index (χ0) is 34.8. The fourth-order valence-corrected chi connectivity index (χ4v) is 5.79. The van der Waals surface area contributed by atoms with Crippen LogP contribution in [-0.2, 0) is 4.74 Å². The number of urea groups is 2. The lowest BCUT2D eigenvalue weighted by Gasteiger charge is -2.36. The second-order valence-corrected chi connectivity index (χ2v) is 13.1. The number of amides is 5. The number of aliphatic hydroxyl groups excluding tert-OH is 1.